The monoisotopic (exact) mass is 466 g/mol. The van der Waals surface area contributed by atoms with E-state index in [1.54, 1.807) is 0 Å². The van der Waals surface area contributed by atoms with E-state index in [0.29, 0.717) is 6.54 Å². The van der Waals surface area contributed by atoms with Gasteiger partial charge >= 0.3 is 0 Å². The third kappa shape index (κ3) is 5.08. The number of aromatic amines is 1. The number of H-pyrrole nitrogens is 1. The van der Waals surface area contributed by atoms with Gasteiger partial charge in [0.1, 0.15) is 0 Å². The van der Waals surface area contributed by atoms with Crippen molar-refractivity contribution in [1.29, 1.82) is 0 Å². The van der Waals surface area contributed by atoms with Gasteiger partial charge in [0, 0.05) is 36.2 Å². The highest BCUT2D eigenvalue weighted by Crippen LogP contribution is 2.32. The van der Waals surface area contributed by atoms with E-state index < -0.39 is 0 Å². The Labute approximate surface area is 201 Å². The number of aromatic nitrogens is 5. The van der Waals surface area contributed by atoms with Crippen LogP contribution in [0.5, 0.6) is 0 Å². The van der Waals surface area contributed by atoms with Crippen LogP contribution in [0, 0.1) is 19.8 Å². The number of nitrogens with one attached hydrogen (secondary N) is 1. The van der Waals surface area contributed by atoms with Crippen molar-refractivity contribution in [2.24, 2.45) is 5.92 Å². The summed E-state index contributed by atoms with van der Waals surface area (Å²) in [6, 6.07) is 6.18. The van der Waals surface area contributed by atoms with Crippen LogP contribution in [-0.2, 0) is 16.8 Å². The molecule has 0 amide bonds. The fourth-order valence-electron chi connectivity index (χ4n) is 5.12. The zero-order valence-corrected chi connectivity index (χ0v) is 21.6. The van der Waals surface area contributed by atoms with Gasteiger partial charge in [-0.15, -0.1) is 5.10 Å². The Morgan fingerprint density at radius 2 is 2.00 bits per heavy atom. The molecule has 0 unspecified atom stereocenters. The van der Waals surface area contributed by atoms with Crippen LogP contribution in [0.1, 0.15) is 76.0 Å². The number of benzene rings is 1. The lowest BCUT2D eigenvalue weighted by Gasteiger charge is -2.36. The Balaban J connectivity index is 1.78. The molecule has 8 nitrogen and oxygen atoms in total. The fraction of sp³-hybridized carbons (Fsp3) is 0.615. The normalized spacial score (nSPS) is 17.9. The summed E-state index contributed by atoms with van der Waals surface area (Å²) in [6.07, 6.45) is 2.24. The predicted octanol–water partition coefficient (Wildman–Crippen LogP) is 4.26. The second-order valence-corrected chi connectivity index (χ2v) is 11.0. The van der Waals surface area contributed by atoms with Crippen molar-refractivity contribution in [2.75, 3.05) is 13.2 Å². The third-order valence-corrected chi connectivity index (χ3v) is 6.64. The first-order valence-electron chi connectivity index (χ1n) is 12.3. The number of nitrogens with zero attached hydrogens (tertiary/aromatic N) is 5. The molecule has 1 fully saturated rings. The molecule has 0 saturated carbocycles. The molecule has 2 atom stereocenters. The maximum atomic E-state index is 13.2. The number of hydrogen-bond donors (Lipinski definition) is 1. The van der Waals surface area contributed by atoms with Gasteiger partial charge in [-0.25, -0.2) is 4.68 Å². The minimum atomic E-state index is -0.253. The number of hydrogen-bond acceptors (Lipinski definition) is 6. The highest BCUT2D eigenvalue weighted by atomic mass is 16.5. The van der Waals surface area contributed by atoms with Crippen molar-refractivity contribution >= 4 is 10.9 Å². The number of pyridine rings is 1. The molecule has 1 aromatic carbocycles. The van der Waals surface area contributed by atoms with Gasteiger partial charge in [0.05, 0.1) is 17.7 Å². The van der Waals surface area contributed by atoms with Crippen molar-refractivity contribution in [1.82, 2.24) is 30.1 Å². The molecule has 3 aromatic rings. The standard InChI is InChI=1S/C26H38N6O2/c1-16(2)23(24-28-29-30-32(24)26(5,6)7)31(15-20-9-8-10-34-20)14-19-13-21-18(4)11-17(3)12-22(21)27-25(19)33/h11-13,16,20,23H,8-10,14-15H2,1-7H3,(H,27,33)/t20-,23-/m0/s1. The van der Waals surface area contributed by atoms with Crippen LogP contribution >= 0.6 is 0 Å². The highest BCUT2D eigenvalue weighted by molar-refractivity contribution is 5.83. The smallest absolute Gasteiger partial charge is 0.252 e. The van der Waals surface area contributed by atoms with Gasteiger partial charge in [-0.05, 0) is 87.1 Å². The largest absolute Gasteiger partial charge is 0.377 e. The number of aryl methyl sites for hydroxylation is 2. The van der Waals surface area contributed by atoms with Gasteiger partial charge in [-0.1, -0.05) is 19.9 Å². The molecule has 2 aromatic heterocycles. The summed E-state index contributed by atoms with van der Waals surface area (Å²) in [7, 11) is 0. The quantitative estimate of drug-likeness (QED) is 0.560. The van der Waals surface area contributed by atoms with Crippen LogP contribution in [0.3, 0.4) is 0 Å². The minimum Gasteiger partial charge on any atom is -0.377 e. The first-order chi connectivity index (χ1) is 16.0. The molecule has 1 aliphatic heterocycles. The fourth-order valence-corrected chi connectivity index (χ4v) is 5.12. The molecule has 4 rings (SSSR count). The lowest BCUT2D eigenvalue weighted by molar-refractivity contribution is 0.0371. The second-order valence-electron chi connectivity index (χ2n) is 11.0. The van der Waals surface area contributed by atoms with Gasteiger partial charge in [-0.2, -0.15) is 0 Å². The first kappa shape index (κ1) is 24.5. The Hall–Kier alpha value is -2.58. The Morgan fingerprint density at radius 3 is 2.65 bits per heavy atom. The van der Waals surface area contributed by atoms with Gasteiger partial charge in [0.25, 0.3) is 5.56 Å². The van der Waals surface area contributed by atoms with Crippen molar-refractivity contribution in [3.05, 3.63) is 51.1 Å². The van der Waals surface area contributed by atoms with Crippen molar-refractivity contribution in [2.45, 2.75) is 85.5 Å². The van der Waals surface area contributed by atoms with Crippen LogP contribution in [0.4, 0.5) is 0 Å². The highest BCUT2D eigenvalue weighted by Gasteiger charge is 2.34. The van der Waals surface area contributed by atoms with E-state index in [1.165, 1.54) is 0 Å². The van der Waals surface area contributed by atoms with Crippen molar-refractivity contribution < 1.29 is 4.74 Å². The average molecular weight is 467 g/mol. The molecule has 3 heterocycles. The first-order valence-corrected chi connectivity index (χ1v) is 12.3. The predicted molar refractivity (Wildman–Crippen MR) is 134 cm³/mol. The Kier molecular flexibility index (Phi) is 6.92. The third-order valence-electron chi connectivity index (χ3n) is 6.64. The molecule has 1 aliphatic rings. The number of ether oxygens (including phenoxy) is 1. The average Bonchev–Trinajstić information content (AvgIpc) is 3.40. The lowest BCUT2D eigenvalue weighted by atomic mass is 9.98. The SMILES string of the molecule is Cc1cc(C)c2cc(CN(C[C@@H]3CCCO3)[C@H](c3nnnn3C(C)(C)C)C(C)C)c(=O)[nH]c2c1. The molecule has 0 bridgehead atoms. The molecule has 0 aliphatic carbocycles. The summed E-state index contributed by atoms with van der Waals surface area (Å²) in [4.78, 5) is 18.6. The summed E-state index contributed by atoms with van der Waals surface area (Å²) in [5.74, 6) is 1.06. The molecule has 8 heteroatoms. The van der Waals surface area contributed by atoms with Crippen molar-refractivity contribution in [3.63, 3.8) is 0 Å². The van der Waals surface area contributed by atoms with Crippen LogP contribution in [0.25, 0.3) is 10.9 Å². The molecule has 34 heavy (non-hydrogen) atoms. The lowest BCUT2D eigenvalue weighted by Crippen LogP contribution is -2.41. The zero-order chi connectivity index (χ0) is 24.6. The summed E-state index contributed by atoms with van der Waals surface area (Å²) < 4.78 is 7.93. The van der Waals surface area contributed by atoms with E-state index in [2.05, 4.69) is 86.0 Å². The molecular weight excluding hydrogens is 428 g/mol. The number of tetrazole rings is 1. The Morgan fingerprint density at radius 1 is 1.24 bits per heavy atom. The van der Waals surface area contributed by atoms with E-state index in [9.17, 15) is 4.79 Å². The van der Waals surface area contributed by atoms with E-state index in [-0.39, 0.29) is 29.2 Å². The molecule has 0 radical (unpaired) electrons. The maximum absolute atomic E-state index is 13.2. The van der Waals surface area contributed by atoms with Crippen LogP contribution < -0.4 is 5.56 Å². The van der Waals surface area contributed by atoms with Gasteiger partial charge in [0.2, 0.25) is 0 Å². The minimum absolute atomic E-state index is 0.0484. The summed E-state index contributed by atoms with van der Waals surface area (Å²) in [5.41, 5.74) is 3.63. The summed E-state index contributed by atoms with van der Waals surface area (Å²) in [5, 5.41) is 13.9. The van der Waals surface area contributed by atoms with Gasteiger partial charge < -0.3 is 9.72 Å². The van der Waals surface area contributed by atoms with E-state index >= 15 is 0 Å². The molecule has 1 saturated heterocycles. The van der Waals surface area contributed by atoms with E-state index in [1.807, 2.05) is 10.7 Å². The van der Waals surface area contributed by atoms with Crippen molar-refractivity contribution in [3.8, 4) is 0 Å². The second kappa shape index (κ2) is 9.58. The molecule has 0 spiro atoms. The van der Waals surface area contributed by atoms with Crippen LogP contribution in [0.2, 0.25) is 0 Å². The van der Waals surface area contributed by atoms with Crippen LogP contribution in [0.15, 0.2) is 23.0 Å². The summed E-state index contributed by atoms with van der Waals surface area (Å²) in [6.45, 7) is 16.8. The maximum Gasteiger partial charge on any atom is 0.252 e. The number of fused-ring (bicyclic) bond motifs is 1. The Bertz CT molecular complexity index is 1200. The zero-order valence-electron chi connectivity index (χ0n) is 21.6. The van der Waals surface area contributed by atoms with Crippen LogP contribution in [-0.4, -0.2) is 49.3 Å². The molecular formula is C26H38N6O2. The van der Waals surface area contributed by atoms with E-state index in [4.69, 9.17) is 4.74 Å². The van der Waals surface area contributed by atoms with E-state index in [0.717, 1.165) is 59.4 Å². The summed E-state index contributed by atoms with van der Waals surface area (Å²) >= 11 is 0. The van der Waals surface area contributed by atoms with Gasteiger partial charge in [-0.3, -0.25) is 9.69 Å². The number of rotatable bonds is 7. The van der Waals surface area contributed by atoms with Gasteiger partial charge in [0.15, 0.2) is 5.82 Å². The topological polar surface area (TPSA) is 88.9 Å². The molecule has 1 N–H and O–H groups in total. The molecule has 184 valence electrons.